The third kappa shape index (κ3) is 5.05. The Morgan fingerprint density at radius 1 is 1.05 bits per heavy atom. The number of nitrogens with zero attached hydrogens (tertiary/aromatic N) is 5. The number of esters is 1. The molecule has 0 N–H and O–H groups in total. The molecule has 202 valence electrons. The number of hydrogen-bond acceptors (Lipinski definition) is 8. The van der Waals surface area contributed by atoms with Crippen molar-refractivity contribution in [1.82, 2.24) is 23.9 Å². The Hall–Kier alpha value is -3.67. The lowest BCUT2D eigenvalue weighted by Crippen LogP contribution is -2.23. The van der Waals surface area contributed by atoms with E-state index in [0.29, 0.717) is 10.7 Å². The largest absolute Gasteiger partial charge is 0.457 e. The van der Waals surface area contributed by atoms with Gasteiger partial charge in [0, 0.05) is 31.6 Å². The van der Waals surface area contributed by atoms with E-state index in [-0.39, 0.29) is 25.0 Å². The number of thioether (sulfide) groups is 1. The smallest absolute Gasteiger partial charge is 0.350 e. The minimum absolute atomic E-state index is 0.0816. The molecular weight excluding hydrogens is 534 g/mol. The molecule has 0 aliphatic heterocycles. The summed E-state index contributed by atoms with van der Waals surface area (Å²) >= 11 is 3.07. The summed E-state index contributed by atoms with van der Waals surface area (Å²) in [5.74, 6) is 1.11. The number of aryl methyl sites for hydroxylation is 2. The highest BCUT2D eigenvalue weighted by molar-refractivity contribution is 7.99. The number of methoxy groups -OCH3 is 1. The topological polar surface area (TPSA) is 93.2 Å². The van der Waals surface area contributed by atoms with Crippen molar-refractivity contribution in [1.29, 1.82) is 0 Å². The van der Waals surface area contributed by atoms with Gasteiger partial charge in [-0.15, -0.1) is 16.4 Å². The molecule has 0 bridgehead atoms. The van der Waals surface area contributed by atoms with Crippen LogP contribution in [0.3, 0.4) is 0 Å². The van der Waals surface area contributed by atoms with Crippen LogP contribution in [0.2, 0.25) is 0 Å². The average Bonchev–Trinajstić information content (AvgIpc) is 3.55. The molecule has 39 heavy (non-hydrogen) atoms. The second-order valence-corrected chi connectivity index (χ2v) is 11.4. The molecule has 5 aromatic rings. The standard InChI is InChI=1S/C28H29N5O4S2/c1-6-38-27-29-22-17(2)39-24(23(22)31(27)3)26(34)37-15-18-11-13-19(14-12-18)20-9-7-8-10-21(20)25-30-33(16-36-5)28(35)32(25)4/h7-14H,6,15-16H2,1-5H3. The molecule has 0 atom stereocenters. The predicted octanol–water partition coefficient (Wildman–Crippen LogP) is 5.25. The van der Waals surface area contributed by atoms with Gasteiger partial charge in [0.2, 0.25) is 0 Å². The summed E-state index contributed by atoms with van der Waals surface area (Å²) in [4.78, 5) is 31.9. The Labute approximate surface area is 234 Å². The van der Waals surface area contributed by atoms with Crippen molar-refractivity contribution in [3.63, 3.8) is 0 Å². The Morgan fingerprint density at radius 3 is 2.46 bits per heavy atom. The molecule has 0 saturated heterocycles. The van der Waals surface area contributed by atoms with E-state index in [1.165, 1.54) is 27.7 Å². The summed E-state index contributed by atoms with van der Waals surface area (Å²) in [5.41, 5.74) is 5.04. The zero-order valence-electron chi connectivity index (χ0n) is 22.4. The van der Waals surface area contributed by atoms with Crippen molar-refractivity contribution in [3.8, 4) is 22.5 Å². The molecule has 0 fully saturated rings. The molecule has 0 aliphatic rings. The highest BCUT2D eigenvalue weighted by atomic mass is 32.2. The summed E-state index contributed by atoms with van der Waals surface area (Å²) in [6.45, 7) is 4.30. The summed E-state index contributed by atoms with van der Waals surface area (Å²) < 4.78 is 15.6. The van der Waals surface area contributed by atoms with Gasteiger partial charge in [0.1, 0.15) is 23.7 Å². The number of ether oxygens (including phenoxy) is 2. The molecule has 0 amide bonds. The molecule has 9 nitrogen and oxygen atoms in total. The van der Waals surface area contributed by atoms with Gasteiger partial charge < -0.3 is 14.0 Å². The Balaban J connectivity index is 1.35. The van der Waals surface area contributed by atoms with Crippen molar-refractivity contribution in [2.75, 3.05) is 12.9 Å². The van der Waals surface area contributed by atoms with Crippen LogP contribution in [0.15, 0.2) is 58.5 Å². The van der Waals surface area contributed by atoms with Gasteiger partial charge in [-0.1, -0.05) is 67.2 Å². The van der Waals surface area contributed by atoms with E-state index < -0.39 is 0 Å². The Bertz CT molecular complexity index is 1710. The van der Waals surface area contributed by atoms with E-state index in [1.807, 2.05) is 67.1 Å². The van der Waals surface area contributed by atoms with Crippen LogP contribution in [-0.4, -0.2) is 42.7 Å². The van der Waals surface area contributed by atoms with Crippen LogP contribution in [0, 0.1) is 6.92 Å². The fourth-order valence-electron chi connectivity index (χ4n) is 4.48. The van der Waals surface area contributed by atoms with Crippen LogP contribution in [0.4, 0.5) is 0 Å². The zero-order chi connectivity index (χ0) is 27.7. The van der Waals surface area contributed by atoms with Gasteiger partial charge in [-0.3, -0.25) is 4.57 Å². The van der Waals surface area contributed by atoms with Gasteiger partial charge in [-0.25, -0.2) is 14.6 Å². The first-order valence-corrected chi connectivity index (χ1v) is 14.2. The van der Waals surface area contributed by atoms with Crippen molar-refractivity contribution in [2.24, 2.45) is 14.1 Å². The molecule has 0 aliphatic carbocycles. The number of hydrogen-bond donors (Lipinski definition) is 0. The van der Waals surface area contributed by atoms with Gasteiger partial charge in [-0.05, 0) is 29.4 Å². The lowest BCUT2D eigenvalue weighted by atomic mass is 9.98. The fourth-order valence-corrected chi connectivity index (χ4v) is 6.20. The van der Waals surface area contributed by atoms with Crippen LogP contribution in [0.25, 0.3) is 33.5 Å². The molecule has 0 unspecified atom stereocenters. The molecule has 11 heteroatoms. The molecule has 3 heterocycles. The lowest BCUT2D eigenvalue weighted by Gasteiger charge is -2.10. The Kier molecular flexibility index (Phi) is 7.74. The maximum Gasteiger partial charge on any atom is 0.350 e. The third-order valence-electron chi connectivity index (χ3n) is 6.41. The average molecular weight is 564 g/mol. The molecule has 0 spiro atoms. The van der Waals surface area contributed by atoms with E-state index in [9.17, 15) is 9.59 Å². The summed E-state index contributed by atoms with van der Waals surface area (Å²) in [5, 5.41) is 5.37. The number of rotatable bonds is 9. The summed E-state index contributed by atoms with van der Waals surface area (Å²) in [7, 11) is 5.16. The van der Waals surface area contributed by atoms with E-state index >= 15 is 0 Å². The fraction of sp³-hybridized carbons (Fsp3) is 0.286. The van der Waals surface area contributed by atoms with Crippen molar-refractivity contribution in [3.05, 3.63) is 74.3 Å². The molecule has 0 radical (unpaired) electrons. The monoisotopic (exact) mass is 563 g/mol. The number of thiophene rings is 1. The number of imidazole rings is 1. The third-order valence-corrected chi connectivity index (χ3v) is 8.39. The van der Waals surface area contributed by atoms with Crippen LogP contribution >= 0.6 is 23.1 Å². The second-order valence-electron chi connectivity index (χ2n) is 8.97. The number of carbonyl (C=O) groups excluding carboxylic acids is 1. The quantitative estimate of drug-likeness (QED) is 0.179. The van der Waals surface area contributed by atoms with Gasteiger partial charge in [-0.2, -0.15) is 4.68 Å². The molecule has 5 rings (SSSR count). The van der Waals surface area contributed by atoms with E-state index in [2.05, 4.69) is 12.0 Å². The molecule has 2 aromatic carbocycles. The van der Waals surface area contributed by atoms with Gasteiger partial charge in [0.05, 0.1) is 5.52 Å². The van der Waals surface area contributed by atoms with Gasteiger partial charge in [0.25, 0.3) is 0 Å². The van der Waals surface area contributed by atoms with Crippen molar-refractivity contribution in [2.45, 2.75) is 32.3 Å². The van der Waals surface area contributed by atoms with Crippen LogP contribution in [-0.2, 0) is 36.9 Å². The van der Waals surface area contributed by atoms with E-state index in [4.69, 9.17) is 14.5 Å². The SMILES string of the molecule is CCSc1nc2c(C)sc(C(=O)OCc3ccc(-c4ccccc4-c4nn(COC)c(=O)n4C)cc3)c2n1C. The number of aromatic nitrogens is 5. The highest BCUT2D eigenvalue weighted by Crippen LogP contribution is 2.34. The van der Waals surface area contributed by atoms with Crippen molar-refractivity contribution < 1.29 is 14.3 Å². The van der Waals surface area contributed by atoms with Crippen LogP contribution in [0.5, 0.6) is 0 Å². The number of fused-ring (bicyclic) bond motifs is 1. The lowest BCUT2D eigenvalue weighted by molar-refractivity contribution is 0.0480. The van der Waals surface area contributed by atoms with Gasteiger partial charge >= 0.3 is 11.7 Å². The normalized spacial score (nSPS) is 11.4. The minimum atomic E-state index is -0.351. The molecule has 0 saturated carbocycles. The second kappa shape index (κ2) is 11.2. The minimum Gasteiger partial charge on any atom is -0.457 e. The van der Waals surface area contributed by atoms with Crippen LogP contribution in [0.1, 0.15) is 27.0 Å². The Morgan fingerprint density at radius 2 is 1.77 bits per heavy atom. The zero-order valence-corrected chi connectivity index (χ0v) is 24.1. The first kappa shape index (κ1) is 26.9. The first-order chi connectivity index (χ1) is 18.8. The maximum absolute atomic E-state index is 13.1. The summed E-state index contributed by atoms with van der Waals surface area (Å²) in [6.07, 6.45) is 0. The van der Waals surface area contributed by atoms with E-state index in [1.54, 1.807) is 18.8 Å². The highest BCUT2D eigenvalue weighted by Gasteiger charge is 2.23. The number of benzene rings is 2. The maximum atomic E-state index is 13.1. The molecule has 3 aromatic heterocycles. The molecular formula is C28H29N5O4S2. The van der Waals surface area contributed by atoms with Crippen molar-refractivity contribution >= 4 is 40.1 Å². The summed E-state index contributed by atoms with van der Waals surface area (Å²) in [6, 6.07) is 15.6. The predicted molar refractivity (Wildman–Crippen MR) is 154 cm³/mol. The first-order valence-electron chi connectivity index (χ1n) is 12.4. The van der Waals surface area contributed by atoms with E-state index in [0.717, 1.165) is 49.1 Å². The number of carbonyl (C=O) groups is 1. The van der Waals surface area contributed by atoms with Gasteiger partial charge in [0.15, 0.2) is 11.0 Å². The van der Waals surface area contributed by atoms with Crippen LogP contribution < -0.4 is 5.69 Å².